The molecule has 1 aromatic heterocycles. The number of hydrogen-bond donors (Lipinski definition) is 0. The molecule has 0 aliphatic heterocycles. The Morgan fingerprint density at radius 1 is 1.26 bits per heavy atom. The maximum atomic E-state index is 8.98. The van der Waals surface area contributed by atoms with Crippen molar-refractivity contribution in [2.24, 2.45) is 5.41 Å². The zero-order valence-corrected chi connectivity index (χ0v) is 11.6. The van der Waals surface area contributed by atoms with Gasteiger partial charge in [-0.05, 0) is 39.3 Å². The largest absolute Gasteiger partial charge is 0.491 e. The standard InChI is InChI=1S/C16H18N2O/c1-12-7-8-13-5-4-6-14(15(13)18-12)19-10-9-16(2,3)11-17/h4-8H,9-10H2,1-3H3. The van der Waals surface area contributed by atoms with E-state index in [4.69, 9.17) is 10.00 Å². The molecule has 0 radical (unpaired) electrons. The lowest BCUT2D eigenvalue weighted by Crippen LogP contribution is -2.13. The number of hydrogen-bond acceptors (Lipinski definition) is 3. The third-order valence-electron chi connectivity index (χ3n) is 3.11. The van der Waals surface area contributed by atoms with E-state index < -0.39 is 0 Å². The van der Waals surface area contributed by atoms with E-state index in [2.05, 4.69) is 11.1 Å². The zero-order valence-electron chi connectivity index (χ0n) is 11.6. The van der Waals surface area contributed by atoms with Crippen molar-refractivity contribution in [2.75, 3.05) is 6.61 Å². The molecular weight excluding hydrogens is 236 g/mol. The van der Waals surface area contributed by atoms with Crippen molar-refractivity contribution in [2.45, 2.75) is 27.2 Å². The molecule has 1 heterocycles. The minimum atomic E-state index is -0.353. The first-order valence-electron chi connectivity index (χ1n) is 6.42. The fraction of sp³-hybridized carbons (Fsp3) is 0.375. The molecule has 2 rings (SSSR count). The van der Waals surface area contributed by atoms with Gasteiger partial charge in [0.15, 0.2) is 0 Å². The van der Waals surface area contributed by atoms with Gasteiger partial charge in [0.1, 0.15) is 11.3 Å². The van der Waals surface area contributed by atoms with Gasteiger partial charge in [-0.25, -0.2) is 4.98 Å². The zero-order chi connectivity index (χ0) is 13.9. The Hall–Kier alpha value is -2.08. The molecule has 0 saturated carbocycles. The fourth-order valence-corrected chi connectivity index (χ4v) is 1.81. The highest BCUT2D eigenvalue weighted by Crippen LogP contribution is 2.25. The third-order valence-corrected chi connectivity index (χ3v) is 3.11. The number of ether oxygens (including phenoxy) is 1. The van der Waals surface area contributed by atoms with Crippen LogP contribution in [0.15, 0.2) is 30.3 Å². The number of nitriles is 1. The normalized spacial score (nSPS) is 11.3. The van der Waals surface area contributed by atoms with E-state index in [0.717, 1.165) is 22.3 Å². The van der Waals surface area contributed by atoms with Crippen LogP contribution in [0.5, 0.6) is 5.75 Å². The lowest BCUT2D eigenvalue weighted by Gasteiger charge is -2.15. The average molecular weight is 254 g/mol. The van der Waals surface area contributed by atoms with Gasteiger partial charge < -0.3 is 4.74 Å². The van der Waals surface area contributed by atoms with Crippen LogP contribution in [0.4, 0.5) is 0 Å². The maximum absolute atomic E-state index is 8.98. The van der Waals surface area contributed by atoms with Gasteiger partial charge in [-0.2, -0.15) is 5.26 Å². The van der Waals surface area contributed by atoms with Gasteiger partial charge in [-0.15, -0.1) is 0 Å². The highest BCUT2D eigenvalue weighted by Gasteiger charge is 2.16. The highest BCUT2D eigenvalue weighted by molar-refractivity contribution is 5.84. The number of aromatic nitrogens is 1. The predicted octanol–water partition coefficient (Wildman–Crippen LogP) is 3.86. The first kappa shape index (κ1) is 13.4. The quantitative estimate of drug-likeness (QED) is 0.832. The summed E-state index contributed by atoms with van der Waals surface area (Å²) < 4.78 is 5.80. The van der Waals surface area contributed by atoms with Crippen molar-refractivity contribution in [3.8, 4) is 11.8 Å². The van der Waals surface area contributed by atoms with Crippen LogP contribution in [0.1, 0.15) is 26.0 Å². The molecule has 3 heteroatoms. The topological polar surface area (TPSA) is 45.9 Å². The molecule has 1 aromatic carbocycles. The predicted molar refractivity (Wildman–Crippen MR) is 76.0 cm³/mol. The number of aryl methyl sites for hydroxylation is 1. The van der Waals surface area contributed by atoms with E-state index in [1.165, 1.54) is 0 Å². The summed E-state index contributed by atoms with van der Waals surface area (Å²) in [5.41, 5.74) is 1.51. The first-order chi connectivity index (χ1) is 9.02. The molecule has 0 saturated heterocycles. The first-order valence-corrected chi connectivity index (χ1v) is 6.42. The van der Waals surface area contributed by atoms with Crippen LogP contribution in [0, 0.1) is 23.7 Å². The molecule has 0 amide bonds. The highest BCUT2D eigenvalue weighted by atomic mass is 16.5. The molecule has 19 heavy (non-hydrogen) atoms. The van der Waals surface area contributed by atoms with Crippen molar-refractivity contribution in [1.82, 2.24) is 4.98 Å². The molecular formula is C16H18N2O. The summed E-state index contributed by atoms with van der Waals surface area (Å²) in [4.78, 5) is 4.52. The van der Waals surface area contributed by atoms with E-state index in [1.54, 1.807) is 0 Å². The molecule has 0 N–H and O–H groups in total. The molecule has 0 aliphatic rings. The Bertz CT molecular complexity index is 626. The molecule has 2 aromatic rings. The number of nitrogens with zero attached hydrogens (tertiary/aromatic N) is 2. The van der Waals surface area contributed by atoms with E-state index >= 15 is 0 Å². The Balaban J connectivity index is 2.17. The molecule has 0 spiro atoms. The monoisotopic (exact) mass is 254 g/mol. The number of pyridine rings is 1. The summed E-state index contributed by atoms with van der Waals surface area (Å²) in [5.74, 6) is 0.787. The van der Waals surface area contributed by atoms with Crippen LogP contribution >= 0.6 is 0 Å². The van der Waals surface area contributed by atoms with Gasteiger partial charge in [0.25, 0.3) is 0 Å². The van der Waals surface area contributed by atoms with E-state index in [9.17, 15) is 0 Å². The molecule has 3 nitrogen and oxygen atoms in total. The Kier molecular flexibility index (Phi) is 3.71. The number of para-hydroxylation sites is 1. The van der Waals surface area contributed by atoms with E-state index in [-0.39, 0.29) is 5.41 Å². The van der Waals surface area contributed by atoms with E-state index in [1.807, 2.05) is 51.1 Å². The van der Waals surface area contributed by atoms with Gasteiger partial charge >= 0.3 is 0 Å². The molecule has 0 aliphatic carbocycles. The SMILES string of the molecule is Cc1ccc2cccc(OCCC(C)(C)C#N)c2n1. The van der Waals surface area contributed by atoms with Crippen molar-refractivity contribution in [1.29, 1.82) is 5.26 Å². The second kappa shape index (κ2) is 5.27. The third kappa shape index (κ3) is 3.23. The summed E-state index contributed by atoms with van der Waals surface area (Å²) in [6.45, 7) is 6.33. The Labute approximate surface area is 113 Å². The second-order valence-corrected chi connectivity index (χ2v) is 5.37. The molecule has 98 valence electrons. The Morgan fingerprint density at radius 3 is 2.79 bits per heavy atom. The van der Waals surface area contributed by atoms with Gasteiger partial charge in [0, 0.05) is 11.1 Å². The van der Waals surface area contributed by atoms with Crippen molar-refractivity contribution >= 4 is 10.9 Å². The lowest BCUT2D eigenvalue weighted by molar-refractivity contribution is 0.266. The number of benzene rings is 1. The van der Waals surface area contributed by atoms with Crippen molar-refractivity contribution < 1.29 is 4.74 Å². The smallest absolute Gasteiger partial charge is 0.145 e. The molecule has 0 fully saturated rings. The summed E-state index contributed by atoms with van der Waals surface area (Å²) in [6.07, 6.45) is 0.700. The lowest BCUT2D eigenvalue weighted by atomic mass is 9.92. The van der Waals surface area contributed by atoms with E-state index in [0.29, 0.717) is 13.0 Å². The average Bonchev–Trinajstić information content (AvgIpc) is 2.39. The molecule has 0 atom stereocenters. The van der Waals surface area contributed by atoms with Gasteiger partial charge in [0.2, 0.25) is 0 Å². The van der Waals surface area contributed by atoms with Gasteiger partial charge in [-0.3, -0.25) is 0 Å². The minimum absolute atomic E-state index is 0.353. The van der Waals surface area contributed by atoms with Crippen LogP contribution in [0.2, 0.25) is 0 Å². The second-order valence-electron chi connectivity index (χ2n) is 5.37. The summed E-state index contributed by atoms with van der Waals surface area (Å²) in [5, 5.41) is 10.1. The number of fused-ring (bicyclic) bond motifs is 1. The molecule has 0 unspecified atom stereocenters. The van der Waals surface area contributed by atoms with Crippen molar-refractivity contribution in [3.05, 3.63) is 36.0 Å². The van der Waals surface area contributed by atoms with Gasteiger partial charge in [-0.1, -0.05) is 18.2 Å². The number of rotatable bonds is 4. The minimum Gasteiger partial charge on any atom is -0.491 e. The van der Waals surface area contributed by atoms with Gasteiger partial charge in [0.05, 0.1) is 18.1 Å². The summed E-state index contributed by atoms with van der Waals surface area (Å²) in [6, 6.07) is 12.2. The van der Waals surface area contributed by atoms with Crippen LogP contribution in [-0.4, -0.2) is 11.6 Å². The summed E-state index contributed by atoms with van der Waals surface area (Å²) in [7, 11) is 0. The van der Waals surface area contributed by atoms with Crippen LogP contribution in [0.25, 0.3) is 10.9 Å². The maximum Gasteiger partial charge on any atom is 0.145 e. The van der Waals surface area contributed by atoms with Crippen LogP contribution < -0.4 is 4.74 Å². The summed E-state index contributed by atoms with van der Waals surface area (Å²) >= 11 is 0. The van der Waals surface area contributed by atoms with Crippen molar-refractivity contribution in [3.63, 3.8) is 0 Å². The van der Waals surface area contributed by atoms with Crippen LogP contribution in [0.3, 0.4) is 0 Å². The van der Waals surface area contributed by atoms with Crippen LogP contribution in [-0.2, 0) is 0 Å². The Morgan fingerprint density at radius 2 is 2.05 bits per heavy atom. The molecule has 0 bridgehead atoms. The fourth-order valence-electron chi connectivity index (χ4n) is 1.81.